The van der Waals surface area contributed by atoms with Crippen LogP contribution in [0, 0.1) is 17.0 Å². The van der Waals surface area contributed by atoms with Gasteiger partial charge in [0.15, 0.2) is 5.67 Å². The largest absolute Gasteiger partial charge is 0.338 e. The minimum absolute atomic E-state index is 0.0664. The van der Waals surface area contributed by atoms with Gasteiger partial charge >= 0.3 is 0 Å². The normalized spacial score (nSPS) is 27.6. The number of likely N-dealkylation sites (tertiary alicyclic amines) is 1. The Morgan fingerprint density at radius 3 is 2.39 bits per heavy atom. The lowest BCUT2D eigenvalue weighted by molar-refractivity contribution is -0.146. The number of nitrogens with zero attached hydrogens (tertiary/aromatic N) is 1. The van der Waals surface area contributed by atoms with Crippen molar-refractivity contribution < 1.29 is 26.4 Å². The van der Waals surface area contributed by atoms with Crippen LogP contribution < -0.4 is 4.72 Å². The highest BCUT2D eigenvalue weighted by molar-refractivity contribution is 7.88. The van der Waals surface area contributed by atoms with E-state index in [1.54, 1.807) is 12.1 Å². The van der Waals surface area contributed by atoms with E-state index in [2.05, 4.69) is 4.72 Å². The van der Waals surface area contributed by atoms with Gasteiger partial charge in [-0.3, -0.25) is 4.79 Å². The number of halogens is 3. The fraction of sp³-hybridized carbons (Fsp3) is 0.409. The summed E-state index contributed by atoms with van der Waals surface area (Å²) in [6.45, 7) is 1.98. The molecule has 0 bridgehead atoms. The van der Waals surface area contributed by atoms with Crippen molar-refractivity contribution in [3.05, 3.63) is 59.7 Å². The molecule has 0 unspecified atom stereocenters. The van der Waals surface area contributed by atoms with E-state index in [0.29, 0.717) is 13.0 Å². The summed E-state index contributed by atoms with van der Waals surface area (Å²) in [6.07, 6.45) is 1.53. The van der Waals surface area contributed by atoms with Crippen LogP contribution in [0.25, 0.3) is 11.1 Å². The van der Waals surface area contributed by atoms with Crippen molar-refractivity contribution in [2.75, 3.05) is 19.3 Å². The molecule has 1 saturated heterocycles. The summed E-state index contributed by atoms with van der Waals surface area (Å²) < 4.78 is 70.0. The molecule has 0 radical (unpaired) electrons. The quantitative estimate of drug-likeness (QED) is 0.731. The molecule has 0 spiro atoms. The van der Waals surface area contributed by atoms with Crippen LogP contribution in [-0.2, 0) is 20.5 Å². The third-order valence-electron chi connectivity index (χ3n) is 6.39. The van der Waals surface area contributed by atoms with Gasteiger partial charge in [-0.05, 0) is 36.6 Å². The van der Waals surface area contributed by atoms with Crippen LogP contribution in [0.3, 0.4) is 0 Å². The lowest BCUT2D eigenvalue weighted by atomic mass is 9.89. The Balaban J connectivity index is 1.63. The van der Waals surface area contributed by atoms with Crippen LogP contribution in [0.5, 0.6) is 0 Å². The highest BCUT2D eigenvalue weighted by atomic mass is 32.2. The first-order valence-corrected chi connectivity index (χ1v) is 11.9. The van der Waals surface area contributed by atoms with Crippen LogP contribution in [0.15, 0.2) is 42.5 Å². The summed E-state index contributed by atoms with van der Waals surface area (Å²) in [6, 6.07) is 9.16. The molecule has 166 valence electrons. The summed E-state index contributed by atoms with van der Waals surface area (Å²) in [4.78, 5) is 14.7. The van der Waals surface area contributed by atoms with Gasteiger partial charge in [-0.2, -0.15) is 0 Å². The van der Waals surface area contributed by atoms with Crippen molar-refractivity contribution in [1.29, 1.82) is 0 Å². The smallest absolute Gasteiger partial charge is 0.232 e. The van der Waals surface area contributed by atoms with E-state index in [1.165, 1.54) is 30.0 Å². The fourth-order valence-corrected chi connectivity index (χ4v) is 4.86. The first-order valence-electron chi connectivity index (χ1n) is 9.96. The van der Waals surface area contributed by atoms with Crippen LogP contribution in [0.2, 0.25) is 0 Å². The number of sulfonamides is 1. The summed E-state index contributed by atoms with van der Waals surface area (Å²) in [5.41, 5.74) is -3.65. The zero-order valence-corrected chi connectivity index (χ0v) is 18.0. The lowest BCUT2D eigenvalue weighted by Crippen LogP contribution is -2.58. The minimum Gasteiger partial charge on any atom is -0.338 e. The maximum Gasteiger partial charge on any atom is 0.232 e. The molecule has 1 amide bonds. The highest BCUT2D eigenvalue weighted by Crippen LogP contribution is 2.68. The van der Waals surface area contributed by atoms with E-state index in [4.69, 9.17) is 0 Å². The number of benzene rings is 2. The number of amides is 1. The molecule has 1 aliphatic heterocycles. The van der Waals surface area contributed by atoms with Crippen LogP contribution in [0.4, 0.5) is 13.2 Å². The van der Waals surface area contributed by atoms with E-state index < -0.39 is 38.6 Å². The first-order chi connectivity index (χ1) is 14.5. The molecule has 1 aliphatic carbocycles. The van der Waals surface area contributed by atoms with Crippen molar-refractivity contribution in [3.8, 4) is 11.1 Å². The zero-order chi connectivity index (χ0) is 22.6. The molecule has 2 fully saturated rings. The number of carbonyl (C=O) groups is 1. The van der Waals surface area contributed by atoms with E-state index in [9.17, 15) is 22.0 Å². The SMILES string of the molecule is C[C@@]1(C(=O)N2CC[C@H]2CNS(C)(=O)=O)C[C@@]1(F)c1ccccc1-c1c(F)cccc1F. The zero-order valence-electron chi connectivity index (χ0n) is 17.2. The predicted molar refractivity (Wildman–Crippen MR) is 110 cm³/mol. The predicted octanol–water partition coefficient (Wildman–Crippen LogP) is 3.36. The van der Waals surface area contributed by atoms with Crippen LogP contribution in [-0.4, -0.2) is 44.6 Å². The van der Waals surface area contributed by atoms with Gasteiger partial charge in [0.1, 0.15) is 11.6 Å². The maximum absolute atomic E-state index is 16.2. The molecule has 1 heterocycles. The van der Waals surface area contributed by atoms with Crippen molar-refractivity contribution in [2.45, 2.75) is 31.5 Å². The van der Waals surface area contributed by atoms with Crippen molar-refractivity contribution in [2.24, 2.45) is 5.41 Å². The summed E-state index contributed by atoms with van der Waals surface area (Å²) >= 11 is 0. The van der Waals surface area contributed by atoms with E-state index in [1.807, 2.05) is 0 Å². The fourth-order valence-electron chi connectivity index (χ4n) is 4.37. The molecule has 9 heteroatoms. The molecule has 2 aliphatic rings. The molecular weight excluding hydrogens is 429 g/mol. The van der Waals surface area contributed by atoms with Gasteiger partial charge in [-0.25, -0.2) is 26.3 Å². The van der Waals surface area contributed by atoms with Gasteiger partial charge < -0.3 is 4.90 Å². The summed E-state index contributed by atoms with van der Waals surface area (Å²) in [5.74, 6) is -2.04. The molecular formula is C22H23F3N2O3S. The van der Waals surface area contributed by atoms with E-state index in [0.717, 1.165) is 18.4 Å². The second-order valence-electron chi connectivity index (χ2n) is 8.51. The van der Waals surface area contributed by atoms with E-state index in [-0.39, 0.29) is 35.7 Å². The Morgan fingerprint density at radius 2 is 1.81 bits per heavy atom. The number of carbonyl (C=O) groups excluding carboxylic acids is 1. The third kappa shape index (κ3) is 3.63. The lowest BCUT2D eigenvalue weighted by Gasteiger charge is -2.43. The summed E-state index contributed by atoms with van der Waals surface area (Å²) in [5, 5.41) is 0. The number of nitrogens with one attached hydrogen (secondary N) is 1. The van der Waals surface area contributed by atoms with Crippen LogP contribution >= 0.6 is 0 Å². The Kier molecular flexibility index (Phi) is 5.17. The number of rotatable bonds is 6. The topological polar surface area (TPSA) is 66.5 Å². The van der Waals surface area contributed by atoms with Gasteiger partial charge in [0, 0.05) is 25.6 Å². The Hall–Kier alpha value is -2.39. The molecule has 3 atom stereocenters. The molecule has 1 saturated carbocycles. The Labute approximate surface area is 179 Å². The van der Waals surface area contributed by atoms with Crippen molar-refractivity contribution in [1.82, 2.24) is 9.62 Å². The van der Waals surface area contributed by atoms with Gasteiger partial charge in [0.05, 0.1) is 17.2 Å². The second kappa shape index (κ2) is 7.34. The van der Waals surface area contributed by atoms with Gasteiger partial charge in [0.2, 0.25) is 15.9 Å². The van der Waals surface area contributed by atoms with E-state index >= 15 is 4.39 Å². The minimum atomic E-state index is -3.41. The highest BCUT2D eigenvalue weighted by Gasteiger charge is 2.73. The Morgan fingerprint density at radius 1 is 1.16 bits per heavy atom. The average Bonchev–Trinajstić information content (AvgIpc) is 3.24. The van der Waals surface area contributed by atoms with Gasteiger partial charge in [-0.15, -0.1) is 0 Å². The van der Waals surface area contributed by atoms with Crippen molar-refractivity contribution in [3.63, 3.8) is 0 Å². The monoisotopic (exact) mass is 452 g/mol. The molecule has 2 aromatic rings. The third-order valence-corrected chi connectivity index (χ3v) is 7.08. The summed E-state index contributed by atoms with van der Waals surface area (Å²) in [7, 11) is -3.41. The molecule has 2 aromatic carbocycles. The molecule has 31 heavy (non-hydrogen) atoms. The number of alkyl halides is 1. The average molecular weight is 452 g/mol. The van der Waals surface area contributed by atoms with Crippen LogP contribution in [0.1, 0.15) is 25.3 Å². The molecule has 4 rings (SSSR count). The van der Waals surface area contributed by atoms with Gasteiger partial charge in [-0.1, -0.05) is 30.3 Å². The standard InChI is InChI=1S/C22H23F3N2O3S/c1-21(20(28)27-11-10-14(27)12-26-31(2,29)30)13-22(21,25)16-7-4-3-6-15(16)19-17(23)8-5-9-18(19)24/h3-9,14,26H,10-13H2,1-2H3/t14-,21-,22+/m0/s1. The number of hydrogen-bond donors (Lipinski definition) is 1. The maximum atomic E-state index is 16.2. The Bertz CT molecular complexity index is 1140. The van der Waals surface area contributed by atoms with Gasteiger partial charge in [0.25, 0.3) is 0 Å². The second-order valence-corrected chi connectivity index (χ2v) is 10.3. The molecule has 0 aromatic heterocycles. The molecule has 1 N–H and O–H groups in total. The first kappa shape index (κ1) is 21.8. The number of hydrogen-bond acceptors (Lipinski definition) is 3. The molecule has 5 nitrogen and oxygen atoms in total. The van der Waals surface area contributed by atoms with Crippen molar-refractivity contribution >= 4 is 15.9 Å².